The molecule has 6 heteroatoms. The van der Waals surface area contributed by atoms with Crippen LogP contribution >= 0.6 is 11.6 Å². The van der Waals surface area contributed by atoms with Crippen LogP contribution in [0.2, 0.25) is 5.02 Å². The number of likely N-dealkylation sites (tertiary alicyclic amines) is 1. The first-order chi connectivity index (χ1) is 10.1. The highest BCUT2D eigenvalue weighted by atomic mass is 127. The van der Waals surface area contributed by atoms with E-state index >= 15 is 0 Å². The van der Waals surface area contributed by atoms with E-state index in [-0.39, 0.29) is 24.0 Å². The largest absolute Gasteiger partial charge is 1.00 e. The number of oxime groups is 1. The van der Waals surface area contributed by atoms with Crippen LogP contribution in [-0.4, -0.2) is 55.2 Å². The Balaban J connectivity index is 0.00000176. The number of quaternary nitrogens is 1. The van der Waals surface area contributed by atoms with E-state index in [0.717, 1.165) is 20.9 Å². The van der Waals surface area contributed by atoms with Crippen molar-refractivity contribution in [1.29, 1.82) is 0 Å². The molecule has 2 aliphatic heterocycles. The van der Waals surface area contributed by atoms with Gasteiger partial charge in [0.1, 0.15) is 0 Å². The Hall–Kier alpha value is -0.530. The standard InChI is InChI=1S/C16H23ClN3O.HI/c1-19-15(20(2)10-4-3-5-11-20)12-21-18-16(19)13-6-8-14(17)9-7-13;/h6-9,15H,3-5,10-12H2,1-2H3;1H/q+1;/p-1. The minimum atomic E-state index is 0. The van der Waals surface area contributed by atoms with Gasteiger partial charge in [-0.15, -0.1) is 0 Å². The Kier molecular flexibility index (Phi) is 5.96. The summed E-state index contributed by atoms with van der Waals surface area (Å²) in [6.45, 7) is 3.09. The predicted octanol–water partition coefficient (Wildman–Crippen LogP) is -0.0758. The molecule has 1 fully saturated rings. The van der Waals surface area contributed by atoms with E-state index in [9.17, 15) is 0 Å². The minimum absolute atomic E-state index is 0. The lowest BCUT2D eigenvalue weighted by atomic mass is 10.1. The van der Waals surface area contributed by atoms with Crippen LogP contribution in [-0.2, 0) is 4.84 Å². The average Bonchev–Trinajstić information content (AvgIpc) is 2.49. The van der Waals surface area contributed by atoms with Gasteiger partial charge in [-0.3, -0.25) is 0 Å². The second kappa shape index (κ2) is 7.36. The third-order valence-electron chi connectivity index (χ3n) is 4.82. The van der Waals surface area contributed by atoms with E-state index in [1.165, 1.54) is 32.4 Å². The molecule has 0 aromatic heterocycles. The summed E-state index contributed by atoms with van der Waals surface area (Å²) >= 11 is 5.97. The first kappa shape index (κ1) is 17.8. The van der Waals surface area contributed by atoms with Gasteiger partial charge in [-0.1, -0.05) is 16.8 Å². The van der Waals surface area contributed by atoms with Gasteiger partial charge < -0.3 is 38.2 Å². The molecule has 22 heavy (non-hydrogen) atoms. The van der Waals surface area contributed by atoms with Gasteiger partial charge in [0.15, 0.2) is 12.4 Å². The second-order valence-corrected chi connectivity index (χ2v) is 6.73. The zero-order valence-electron chi connectivity index (χ0n) is 13.1. The number of likely N-dealkylation sites (N-methyl/N-ethyl adjacent to an activating group) is 2. The summed E-state index contributed by atoms with van der Waals surface area (Å²) in [4.78, 5) is 7.84. The van der Waals surface area contributed by atoms with Gasteiger partial charge in [0.2, 0.25) is 6.17 Å². The highest BCUT2D eigenvalue weighted by Crippen LogP contribution is 2.26. The van der Waals surface area contributed by atoms with E-state index in [1.54, 1.807) is 0 Å². The maximum atomic E-state index is 5.97. The van der Waals surface area contributed by atoms with Crippen molar-refractivity contribution in [3.8, 4) is 0 Å². The number of piperidine rings is 1. The molecule has 0 N–H and O–H groups in total. The van der Waals surface area contributed by atoms with E-state index in [2.05, 4.69) is 24.2 Å². The van der Waals surface area contributed by atoms with Crippen LogP contribution in [0.3, 0.4) is 0 Å². The zero-order chi connectivity index (χ0) is 14.9. The van der Waals surface area contributed by atoms with Crippen molar-refractivity contribution in [3.05, 3.63) is 34.9 Å². The monoisotopic (exact) mass is 435 g/mol. The summed E-state index contributed by atoms with van der Waals surface area (Å²) in [7, 11) is 4.47. The highest BCUT2D eigenvalue weighted by Gasteiger charge is 2.41. The molecular weight excluding hydrogens is 413 g/mol. The van der Waals surface area contributed by atoms with Crippen LogP contribution in [0.15, 0.2) is 29.4 Å². The van der Waals surface area contributed by atoms with Crippen LogP contribution in [0.25, 0.3) is 0 Å². The van der Waals surface area contributed by atoms with E-state index < -0.39 is 0 Å². The Bertz CT molecular complexity index is 529. The lowest BCUT2D eigenvalue weighted by molar-refractivity contribution is -0.947. The van der Waals surface area contributed by atoms with E-state index in [0.29, 0.717) is 12.8 Å². The number of hydrogen-bond acceptors (Lipinski definition) is 3. The van der Waals surface area contributed by atoms with Gasteiger partial charge in [-0.25, -0.2) is 0 Å². The minimum Gasteiger partial charge on any atom is -1.00 e. The molecule has 0 saturated carbocycles. The smallest absolute Gasteiger partial charge is 0.203 e. The molecule has 0 radical (unpaired) electrons. The van der Waals surface area contributed by atoms with Crippen molar-refractivity contribution in [2.45, 2.75) is 25.4 Å². The number of nitrogens with zero attached hydrogens (tertiary/aromatic N) is 3. The summed E-state index contributed by atoms with van der Waals surface area (Å²) in [5.41, 5.74) is 1.05. The lowest BCUT2D eigenvalue weighted by Crippen LogP contribution is -3.00. The summed E-state index contributed by atoms with van der Waals surface area (Å²) in [6, 6.07) is 7.79. The average molecular weight is 436 g/mol. The van der Waals surface area contributed by atoms with Gasteiger partial charge in [0.05, 0.1) is 20.1 Å². The summed E-state index contributed by atoms with van der Waals surface area (Å²) in [5.74, 6) is 0.896. The molecule has 2 aliphatic rings. The number of hydrogen-bond donors (Lipinski definition) is 0. The van der Waals surface area contributed by atoms with Crippen molar-refractivity contribution in [3.63, 3.8) is 0 Å². The fourth-order valence-corrected chi connectivity index (χ4v) is 3.59. The fourth-order valence-electron chi connectivity index (χ4n) is 3.47. The molecular formula is C16H23ClIN3O. The SMILES string of the molecule is CN1C(c2ccc(Cl)cc2)=NOCC1[N+]1(C)CCCCC1.[I-]. The van der Waals surface area contributed by atoms with Gasteiger partial charge >= 0.3 is 0 Å². The first-order valence-electron chi connectivity index (χ1n) is 7.63. The highest BCUT2D eigenvalue weighted by molar-refractivity contribution is 6.30. The molecule has 1 aromatic rings. The molecule has 1 atom stereocenters. The summed E-state index contributed by atoms with van der Waals surface area (Å²) in [6.07, 6.45) is 4.28. The number of halogens is 2. The van der Waals surface area contributed by atoms with Crippen molar-refractivity contribution in [1.82, 2.24) is 4.90 Å². The van der Waals surface area contributed by atoms with Crippen LogP contribution in [0.4, 0.5) is 0 Å². The first-order valence-corrected chi connectivity index (χ1v) is 8.01. The van der Waals surface area contributed by atoms with Crippen molar-refractivity contribution in [2.24, 2.45) is 5.16 Å². The van der Waals surface area contributed by atoms with Crippen molar-refractivity contribution >= 4 is 17.4 Å². The van der Waals surface area contributed by atoms with E-state index in [1.807, 2.05) is 24.3 Å². The van der Waals surface area contributed by atoms with Crippen LogP contribution in [0.1, 0.15) is 24.8 Å². The molecule has 2 heterocycles. The molecule has 1 aromatic carbocycles. The lowest BCUT2D eigenvalue weighted by Gasteiger charge is -2.48. The number of benzene rings is 1. The molecule has 4 nitrogen and oxygen atoms in total. The molecule has 1 unspecified atom stereocenters. The van der Waals surface area contributed by atoms with Crippen LogP contribution in [0, 0.1) is 0 Å². The Labute approximate surface area is 154 Å². The van der Waals surface area contributed by atoms with Crippen molar-refractivity contribution in [2.75, 3.05) is 33.8 Å². The molecule has 0 amide bonds. The van der Waals surface area contributed by atoms with E-state index in [4.69, 9.17) is 16.4 Å². The maximum absolute atomic E-state index is 5.97. The third kappa shape index (κ3) is 3.51. The van der Waals surface area contributed by atoms with Gasteiger partial charge in [-0.2, -0.15) is 0 Å². The summed E-state index contributed by atoms with van der Waals surface area (Å²) < 4.78 is 1.04. The fraction of sp³-hybridized carbons (Fsp3) is 0.562. The van der Waals surface area contributed by atoms with Gasteiger partial charge in [0, 0.05) is 17.6 Å². The zero-order valence-corrected chi connectivity index (χ0v) is 16.0. The third-order valence-corrected chi connectivity index (χ3v) is 5.07. The van der Waals surface area contributed by atoms with Crippen molar-refractivity contribution < 1.29 is 33.3 Å². The maximum Gasteiger partial charge on any atom is 0.203 e. The number of rotatable bonds is 2. The Morgan fingerprint density at radius 3 is 2.45 bits per heavy atom. The van der Waals surface area contributed by atoms with Crippen LogP contribution < -0.4 is 24.0 Å². The molecule has 0 spiro atoms. The molecule has 122 valence electrons. The quantitative estimate of drug-likeness (QED) is 0.480. The van der Waals surface area contributed by atoms with Gasteiger partial charge in [-0.05, 0) is 43.5 Å². The predicted molar refractivity (Wildman–Crippen MR) is 85.3 cm³/mol. The molecule has 3 rings (SSSR count). The van der Waals surface area contributed by atoms with Crippen LogP contribution in [0.5, 0.6) is 0 Å². The molecule has 0 aliphatic carbocycles. The second-order valence-electron chi connectivity index (χ2n) is 6.30. The topological polar surface area (TPSA) is 24.8 Å². The normalized spacial score (nSPS) is 24.0. The molecule has 0 bridgehead atoms. The summed E-state index contributed by atoms with van der Waals surface area (Å²) in [5, 5.41) is 5.02. The Morgan fingerprint density at radius 2 is 1.82 bits per heavy atom. The number of amidine groups is 1. The van der Waals surface area contributed by atoms with Gasteiger partial charge in [0.25, 0.3) is 0 Å². The molecule has 1 saturated heterocycles. The Morgan fingerprint density at radius 1 is 1.18 bits per heavy atom.